The van der Waals surface area contributed by atoms with Crippen molar-refractivity contribution in [2.24, 2.45) is 0 Å². The largest absolute Gasteiger partial charge is 0.493 e. The van der Waals surface area contributed by atoms with Crippen LogP contribution in [0.4, 0.5) is 5.69 Å². The number of hydrogen-bond donors (Lipinski definition) is 1. The summed E-state index contributed by atoms with van der Waals surface area (Å²) in [6.45, 7) is 4.26. The van der Waals surface area contributed by atoms with Crippen molar-refractivity contribution in [1.82, 2.24) is 5.32 Å². The van der Waals surface area contributed by atoms with Gasteiger partial charge in [-0.3, -0.25) is 9.10 Å². The van der Waals surface area contributed by atoms with Crippen LogP contribution < -0.4 is 19.1 Å². The summed E-state index contributed by atoms with van der Waals surface area (Å²) in [4.78, 5) is 13.0. The molecule has 8 heteroatoms. The Balaban J connectivity index is 1.46. The molecule has 0 aliphatic carbocycles. The Kier molecular flexibility index (Phi) is 7.03. The highest BCUT2D eigenvalue weighted by Gasteiger charge is 2.36. The van der Waals surface area contributed by atoms with E-state index in [1.807, 2.05) is 32.0 Å². The topological polar surface area (TPSA) is 84.9 Å². The van der Waals surface area contributed by atoms with Crippen LogP contribution in [0.15, 0.2) is 65.6 Å². The van der Waals surface area contributed by atoms with E-state index < -0.39 is 10.0 Å². The monoisotopic (exact) mass is 494 g/mol. The van der Waals surface area contributed by atoms with Gasteiger partial charge in [0.05, 0.1) is 24.8 Å². The first-order chi connectivity index (χ1) is 16.7. The van der Waals surface area contributed by atoms with Gasteiger partial charge in [0.15, 0.2) is 11.5 Å². The molecule has 7 nitrogen and oxygen atoms in total. The Morgan fingerprint density at radius 2 is 1.71 bits per heavy atom. The standard InChI is InChI=1S/C27H30N2O5S/c1-18-5-9-23(10-6-18)35(31,32)29-19(2)15-22-17-21(8-11-24(22)29)27(30)28-14-13-20-7-12-25(33-3)26(16-20)34-4/h5-12,16-17,19H,13-15H2,1-4H3,(H,28,30)/t19-/m0/s1. The van der Waals surface area contributed by atoms with Crippen LogP contribution in [0.3, 0.4) is 0 Å². The first-order valence-electron chi connectivity index (χ1n) is 11.5. The van der Waals surface area contributed by atoms with Gasteiger partial charge >= 0.3 is 0 Å². The molecule has 0 fully saturated rings. The number of carbonyl (C=O) groups is 1. The first kappa shape index (κ1) is 24.6. The lowest BCUT2D eigenvalue weighted by atomic mass is 10.1. The summed E-state index contributed by atoms with van der Waals surface area (Å²) < 4.78 is 38.7. The minimum atomic E-state index is -3.69. The van der Waals surface area contributed by atoms with Crippen molar-refractivity contribution >= 4 is 21.6 Å². The SMILES string of the molecule is COc1ccc(CCNC(=O)c2ccc3c(c2)C[C@H](C)N3S(=O)(=O)c2ccc(C)cc2)cc1OC. The number of sulfonamides is 1. The molecule has 1 amide bonds. The summed E-state index contributed by atoms with van der Waals surface area (Å²) in [5.41, 5.74) is 4.00. The van der Waals surface area contributed by atoms with Gasteiger partial charge in [-0.05, 0) is 80.3 Å². The molecule has 1 heterocycles. The molecule has 1 N–H and O–H groups in total. The molecule has 0 spiro atoms. The molecular formula is C27H30N2O5S. The first-order valence-corrected chi connectivity index (χ1v) is 12.9. The Hall–Kier alpha value is -3.52. The number of aryl methyl sites for hydroxylation is 1. The van der Waals surface area contributed by atoms with Gasteiger partial charge in [-0.2, -0.15) is 0 Å². The number of rotatable bonds is 8. The van der Waals surface area contributed by atoms with Crippen molar-refractivity contribution in [3.05, 3.63) is 82.9 Å². The van der Waals surface area contributed by atoms with Crippen molar-refractivity contribution in [2.45, 2.75) is 37.6 Å². The van der Waals surface area contributed by atoms with E-state index in [-0.39, 0.29) is 16.8 Å². The fraction of sp³-hybridized carbons (Fsp3) is 0.296. The van der Waals surface area contributed by atoms with Gasteiger partial charge in [-0.25, -0.2) is 8.42 Å². The molecule has 1 atom stereocenters. The van der Waals surface area contributed by atoms with Gasteiger partial charge < -0.3 is 14.8 Å². The van der Waals surface area contributed by atoms with E-state index in [2.05, 4.69) is 5.32 Å². The zero-order chi connectivity index (χ0) is 25.2. The molecule has 1 aliphatic heterocycles. The number of benzene rings is 3. The van der Waals surface area contributed by atoms with E-state index in [1.165, 1.54) is 4.31 Å². The number of amides is 1. The van der Waals surface area contributed by atoms with Crippen molar-refractivity contribution in [2.75, 3.05) is 25.1 Å². The Labute approximate surface area is 206 Å². The average Bonchev–Trinajstić information content (AvgIpc) is 3.19. The molecule has 1 aliphatic rings. The van der Waals surface area contributed by atoms with Crippen LogP contribution in [0.1, 0.15) is 34.0 Å². The maximum Gasteiger partial charge on any atom is 0.264 e. The van der Waals surface area contributed by atoms with Gasteiger partial charge in [0.1, 0.15) is 0 Å². The molecule has 0 aromatic heterocycles. The van der Waals surface area contributed by atoms with Crippen LogP contribution in [0, 0.1) is 6.92 Å². The van der Waals surface area contributed by atoms with E-state index >= 15 is 0 Å². The number of fused-ring (bicyclic) bond motifs is 1. The Morgan fingerprint density at radius 1 is 1.00 bits per heavy atom. The summed E-state index contributed by atoms with van der Waals surface area (Å²) >= 11 is 0. The van der Waals surface area contributed by atoms with E-state index in [0.717, 1.165) is 16.7 Å². The highest BCUT2D eigenvalue weighted by Crippen LogP contribution is 2.37. The summed E-state index contributed by atoms with van der Waals surface area (Å²) in [6, 6.07) is 17.5. The lowest BCUT2D eigenvalue weighted by molar-refractivity contribution is 0.0954. The molecule has 0 saturated carbocycles. The minimum absolute atomic E-state index is 0.194. The van der Waals surface area contributed by atoms with Crippen LogP contribution in [0.5, 0.6) is 11.5 Å². The molecule has 0 unspecified atom stereocenters. The van der Waals surface area contributed by atoms with Crippen molar-refractivity contribution in [1.29, 1.82) is 0 Å². The summed E-state index contributed by atoms with van der Waals surface area (Å²) in [5.74, 6) is 1.11. The van der Waals surface area contributed by atoms with E-state index in [1.54, 1.807) is 56.7 Å². The van der Waals surface area contributed by atoms with E-state index in [4.69, 9.17) is 9.47 Å². The molecule has 3 aromatic carbocycles. The second-order valence-electron chi connectivity index (χ2n) is 8.71. The molecule has 0 bridgehead atoms. The lowest BCUT2D eigenvalue weighted by Crippen LogP contribution is -2.35. The summed E-state index contributed by atoms with van der Waals surface area (Å²) in [6.07, 6.45) is 1.18. The Morgan fingerprint density at radius 3 is 2.40 bits per heavy atom. The van der Waals surface area contributed by atoms with Crippen molar-refractivity contribution < 1.29 is 22.7 Å². The van der Waals surface area contributed by atoms with Crippen LogP contribution in [-0.2, 0) is 22.9 Å². The molecule has 35 heavy (non-hydrogen) atoms. The molecule has 0 saturated heterocycles. The molecule has 3 aromatic rings. The number of ether oxygens (including phenoxy) is 2. The quantitative estimate of drug-likeness (QED) is 0.509. The van der Waals surface area contributed by atoms with Gasteiger partial charge in [0.2, 0.25) is 0 Å². The maximum atomic E-state index is 13.3. The summed E-state index contributed by atoms with van der Waals surface area (Å²) in [7, 11) is -0.515. The lowest BCUT2D eigenvalue weighted by Gasteiger charge is -2.24. The number of methoxy groups -OCH3 is 2. The average molecular weight is 495 g/mol. The van der Waals surface area contributed by atoms with Crippen LogP contribution in [0.2, 0.25) is 0 Å². The fourth-order valence-corrected chi connectivity index (χ4v) is 6.09. The van der Waals surface area contributed by atoms with Crippen molar-refractivity contribution in [3.8, 4) is 11.5 Å². The number of hydrogen-bond acceptors (Lipinski definition) is 5. The van der Waals surface area contributed by atoms with E-state index in [0.29, 0.717) is 42.1 Å². The van der Waals surface area contributed by atoms with Crippen LogP contribution >= 0.6 is 0 Å². The van der Waals surface area contributed by atoms with Gasteiger partial charge in [-0.15, -0.1) is 0 Å². The fourth-order valence-electron chi connectivity index (χ4n) is 4.39. The highest BCUT2D eigenvalue weighted by molar-refractivity contribution is 7.92. The second kappa shape index (κ2) is 10.00. The predicted octanol–water partition coefficient (Wildman–Crippen LogP) is 4.12. The molecule has 4 rings (SSSR count). The third-order valence-corrected chi connectivity index (χ3v) is 8.16. The van der Waals surface area contributed by atoms with Gasteiger partial charge in [0.25, 0.3) is 15.9 Å². The molecular weight excluding hydrogens is 464 g/mol. The van der Waals surface area contributed by atoms with Crippen LogP contribution in [0.25, 0.3) is 0 Å². The van der Waals surface area contributed by atoms with Crippen molar-refractivity contribution in [3.63, 3.8) is 0 Å². The number of nitrogens with zero attached hydrogens (tertiary/aromatic N) is 1. The third kappa shape index (κ3) is 4.98. The maximum absolute atomic E-state index is 13.3. The number of carbonyl (C=O) groups excluding carboxylic acids is 1. The Bertz CT molecular complexity index is 1340. The normalized spacial score (nSPS) is 15.0. The molecule has 0 radical (unpaired) electrons. The molecule has 184 valence electrons. The summed E-state index contributed by atoms with van der Waals surface area (Å²) in [5, 5.41) is 2.95. The number of anilines is 1. The van der Waals surface area contributed by atoms with Gasteiger partial charge in [-0.1, -0.05) is 23.8 Å². The zero-order valence-electron chi connectivity index (χ0n) is 20.4. The smallest absolute Gasteiger partial charge is 0.264 e. The number of nitrogens with one attached hydrogen (secondary N) is 1. The zero-order valence-corrected chi connectivity index (χ0v) is 21.2. The van der Waals surface area contributed by atoms with Crippen LogP contribution in [-0.4, -0.2) is 41.1 Å². The van der Waals surface area contributed by atoms with E-state index in [9.17, 15) is 13.2 Å². The minimum Gasteiger partial charge on any atom is -0.493 e. The predicted molar refractivity (Wildman–Crippen MR) is 136 cm³/mol. The highest BCUT2D eigenvalue weighted by atomic mass is 32.2. The second-order valence-corrected chi connectivity index (χ2v) is 10.5. The van der Waals surface area contributed by atoms with Gasteiger partial charge in [0, 0.05) is 18.2 Å². The third-order valence-electron chi connectivity index (χ3n) is 6.22.